The van der Waals surface area contributed by atoms with Crippen molar-refractivity contribution in [3.63, 3.8) is 0 Å². The molecule has 3 nitrogen and oxygen atoms in total. The van der Waals surface area contributed by atoms with E-state index in [4.69, 9.17) is 0 Å². The smallest absolute Gasteiger partial charge is 0.392 e. The molecule has 0 saturated heterocycles. The van der Waals surface area contributed by atoms with Gasteiger partial charge < -0.3 is 4.74 Å². The SMILES string of the molecule is O=C(OCCC(F)(F)F)c1ccc(C(=O)c2ccccc2)cc1. The van der Waals surface area contributed by atoms with Gasteiger partial charge in [-0.2, -0.15) is 13.2 Å². The lowest BCUT2D eigenvalue weighted by Crippen LogP contribution is -2.14. The van der Waals surface area contributed by atoms with E-state index in [0.717, 1.165) is 0 Å². The topological polar surface area (TPSA) is 43.4 Å². The van der Waals surface area contributed by atoms with Crippen molar-refractivity contribution in [1.82, 2.24) is 0 Å². The second-order valence-electron chi connectivity index (χ2n) is 4.77. The van der Waals surface area contributed by atoms with Crippen molar-refractivity contribution in [2.75, 3.05) is 6.61 Å². The minimum atomic E-state index is -4.37. The molecule has 0 amide bonds. The molecule has 2 rings (SSSR count). The van der Waals surface area contributed by atoms with Crippen molar-refractivity contribution in [2.45, 2.75) is 12.6 Å². The number of hydrogen-bond acceptors (Lipinski definition) is 3. The quantitative estimate of drug-likeness (QED) is 0.617. The standard InChI is InChI=1S/C17H13F3O3/c18-17(19,20)10-11-23-16(22)14-8-6-13(7-9-14)15(21)12-4-2-1-3-5-12/h1-9H,10-11H2. The molecule has 2 aromatic rings. The summed E-state index contributed by atoms with van der Waals surface area (Å²) in [6.45, 7) is -0.729. The molecule has 0 bridgehead atoms. The van der Waals surface area contributed by atoms with Gasteiger partial charge in [-0.05, 0) is 12.1 Å². The van der Waals surface area contributed by atoms with Gasteiger partial charge in [0.1, 0.15) is 6.61 Å². The van der Waals surface area contributed by atoms with Gasteiger partial charge in [-0.25, -0.2) is 4.79 Å². The van der Waals surface area contributed by atoms with E-state index < -0.39 is 25.2 Å². The Morgan fingerprint density at radius 1 is 0.826 bits per heavy atom. The van der Waals surface area contributed by atoms with Crippen LogP contribution in [0.1, 0.15) is 32.7 Å². The molecule has 0 aliphatic carbocycles. The molecule has 0 spiro atoms. The number of benzene rings is 2. The molecule has 120 valence electrons. The van der Waals surface area contributed by atoms with Crippen LogP contribution in [0.3, 0.4) is 0 Å². The molecule has 0 heterocycles. The Balaban J connectivity index is 1.99. The average Bonchev–Trinajstić information content (AvgIpc) is 2.54. The Morgan fingerprint density at radius 3 is 1.91 bits per heavy atom. The highest BCUT2D eigenvalue weighted by Crippen LogP contribution is 2.19. The summed E-state index contributed by atoms with van der Waals surface area (Å²) in [5, 5.41) is 0. The minimum Gasteiger partial charge on any atom is -0.462 e. The number of esters is 1. The van der Waals surface area contributed by atoms with Crippen molar-refractivity contribution < 1.29 is 27.5 Å². The summed E-state index contributed by atoms with van der Waals surface area (Å²) in [5.74, 6) is -1.06. The number of carbonyl (C=O) groups is 2. The van der Waals surface area contributed by atoms with Crippen LogP contribution in [0.2, 0.25) is 0 Å². The van der Waals surface area contributed by atoms with Crippen LogP contribution < -0.4 is 0 Å². The molecule has 0 fully saturated rings. The van der Waals surface area contributed by atoms with Crippen molar-refractivity contribution in [3.05, 3.63) is 71.3 Å². The molecule has 0 aliphatic heterocycles. The second kappa shape index (κ2) is 7.09. The first-order valence-corrected chi connectivity index (χ1v) is 6.80. The summed E-state index contributed by atoms with van der Waals surface area (Å²) in [4.78, 5) is 23.8. The molecule has 2 aromatic carbocycles. The number of ether oxygens (including phenoxy) is 1. The summed E-state index contributed by atoms with van der Waals surface area (Å²) in [7, 11) is 0. The van der Waals surface area contributed by atoms with Crippen LogP contribution in [0.25, 0.3) is 0 Å². The van der Waals surface area contributed by atoms with Gasteiger partial charge in [-0.3, -0.25) is 4.79 Å². The van der Waals surface area contributed by atoms with Crippen LogP contribution in [0, 0.1) is 0 Å². The maximum Gasteiger partial charge on any atom is 0.392 e. The van der Waals surface area contributed by atoms with Gasteiger partial charge in [0.25, 0.3) is 0 Å². The predicted molar refractivity (Wildman–Crippen MR) is 77.3 cm³/mol. The number of rotatable bonds is 5. The minimum absolute atomic E-state index is 0.0942. The van der Waals surface area contributed by atoms with Gasteiger partial charge in [0.05, 0.1) is 12.0 Å². The maximum atomic E-state index is 12.2. The highest BCUT2D eigenvalue weighted by atomic mass is 19.4. The zero-order valence-corrected chi connectivity index (χ0v) is 12.0. The number of alkyl halides is 3. The molecule has 0 atom stereocenters. The molecule has 23 heavy (non-hydrogen) atoms. The number of ketones is 1. The highest BCUT2D eigenvalue weighted by Gasteiger charge is 2.27. The van der Waals surface area contributed by atoms with Gasteiger partial charge in [0.15, 0.2) is 5.78 Å². The van der Waals surface area contributed by atoms with Crippen molar-refractivity contribution in [3.8, 4) is 0 Å². The lowest BCUT2D eigenvalue weighted by Gasteiger charge is -2.08. The normalized spacial score (nSPS) is 11.1. The molecule has 0 N–H and O–H groups in total. The molecule has 0 radical (unpaired) electrons. The zero-order valence-electron chi connectivity index (χ0n) is 12.0. The zero-order chi connectivity index (χ0) is 16.9. The monoisotopic (exact) mass is 322 g/mol. The Labute approximate surface area is 130 Å². The third-order valence-corrected chi connectivity index (χ3v) is 3.04. The third kappa shape index (κ3) is 4.95. The highest BCUT2D eigenvalue weighted by molar-refractivity contribution is 6.09. The van der Waals surface area contributed by atoms with E-state index in [9.17, 15) is 22.8 Å². The molecular weight excluding hydrogens is 309 g/mol. The van der Waals surface area contributed by atoms with Crippen LogP contribution in [-0.4, -0.2) is 24.5 Å². The largest absolute Gasteiger partial charge is 0.462 e. The molecule has 0 saturated carbocycles. The van der Waals surface area contributed by atoms with Crippen LogP contribution in [0.4, 0.5) is 13.2 Å². The number of carbonyl (C=O) groups excluding carboxylic acids is 2. The van der Waals surface area contributed by atoms with E-state index in [0.29, 0.717) is 11.1 Å². The van der Waals surface area contributed by atoms with Gasteiger partial charge in [0.2, 0.25) is 0 Å². The Kier molecular flexibility index (Phi) is 5.16. The summed E-state index contributed by atoms with van der Waals surface area (Å²) in [6, 6.07) is 14.2. The molecule has 0 aromatic heterocycles. The van der Waals surface area contributed by atoms with Gasteiger partial charge in [-0.15, -0.1) is 0 Å². The van der Waals surface area contributed by atoms with E-state index in [1.54, 1.807) is 30.3 Å². The average molecular weight is 322 g/mol. The van der Waals surface area contributed by atoms with E-state index in [1.807, 2.05) is 0 Å². The molecule has 6 heteroatoms. The number of hydrogen-bond donors (Lipinski definition) is 0. The van der Waals surface area contributed by atoms with Crippen LogP contribution >= 0.6 is 0 Å². The lowest BCUT2D eigenvalue weighted by molar-refractivity contribution is -0.141. The van der Waals surface area contributed by atoms with E-state index in [1.165, 1.54) is 24.3 Å². The molecule has 0 aliphatic rings. The fraction of sp³-hybridized carbons (Fsp3) is 0.176. The maximum absolute atomic E-state index is 12.2. The predicted octanol–water partition coefficient (Wildman–Crippen LogP) is 4.03. The van der Waals surface area contributed by atoms with Gasteiger partial charge in [-0.1, -0.05) is 42.5 Å². The fourth-order valence-electron chi connectivity index (χ4n) is 1.86. The fourth-order valence-corrected chi connectivity index (χ4v) is 1.86. The summed E-state index contributed by atoms with van der Waals surface area (Å²) in [5.41, 5.74) is 0.979. The first-order chi connectivity index (χ1) is 10.9. The summed E-state index contributed by atoms with van der Waals surface area (Å²) >= 11 is 0. The first-order valence-electron chi connectivity index (χ1n) is 6.80. The van der Waals surface area contributed by atoms with Crippen LogP contribution in [-0.2, 0) is 4.74 Å². The molecule has 0 unspecified atom stereocenters. The summed E-state index contributed by atoms with van der Waals surface area (Å²) in [6.07, 6.45) is -5.56. The van der Waals surface area contributed by atoms with E-state index >= 15 is 0 Å². The third-order valence-electron chi connectivity index (χ3n) is 3.04. The van der Waals surface area contributed by atoms with Crippen LogP contribution in [0.15, 0.2) is 54.6 Å². The van der Waals surface area contributed by atoms with Crippen LogP contribution in [0.5, 0.6) is 0 Å². The summed E-state index contributed by atoms with van der Waals surface area (Å²) < 4.78 is 40.5. The van der Waals surface area contributed by atoms with E-state index in [-0.39, 0.29) is 11.3 Å². The molecular formula is C17H13F3O3. The van der Waals surface area contributed by atoms with E-state index in [2.05, 4.69) is 4.74 Å². The van der Waals surface area contributed by atoms with Crippen molar-refractivity contribution in [1.29, 1.82) is 0 Å². The Morgan fingerprint density at radius 2 is 1.35 bits per heavy atom. The Hall–Kier alpha value is -2.63. The van der Waals surface area contributed by atoms with Crippen molar-refractivity contribution >= 4 is 11.8 Å². The number of halogens is 3. The van der Waals surface area contributed by atoms with Gasteiger partial charge >= 0.3 is 12.1 Å². The second-order valence-corrected chi connectivity index (χ2v) is 4.77. The Bertz CT molecular complexity index is 676. The van der Waals surface area contributed by atoms with Crippen molar-refractivity contribution in [2.24, 2.45) is 0 Å². The lowest BCUT2D eigenvalue weighted by atomic mass is 10.0. The van der Waals surface area contributed by atoms with Gasteiger partial charge in [0, 0.05) is 11.1 Å². The first kappa shape index (κ1) is 16.7.